The van der Waals surface area contributed by atoms with Gasteiger partial charge in [-0.15, -0.1) is 0 Å². The summed E-state index contributed by atoms with van der Waals surface area (Å²) in [5.74, 6) is 6.05. The van der Waals surface area contributed by atoms with Gasteiger partial charge in [0.05, 0.1) is 5.69 Å². The normalized spacial score (nSPS) is 11.4. The molecule has 0 aliphatic heterocycles. The first kappa shape index (κ1) is 17.9. The van der Waals surface area contributed by atoms with Crippen LogP contribution in [-0.2, 0) is 6.54 Å². The summed E-state index contributed by atoms with van der Waals surface area (Å²) in [7, 11) is 0. The Morgan fingerprint density at radius 2 is 2.12 bits per heavy atom. The van der Waals surface area contributed by atoms with Gasteiger partial charge in [-0.05, 0) is 32.4 Å². The number of nitrogens with zero attached hydrogens (tertiary/aromatic N) is 4. The number of fused-ring (bicyclic) bond motifs is 1. The molecule has 0 aromatic carbocycles. The van der Waals surface area contributed by atoms with Gasteiger partial charge in [0.25, 0.3) is 0 Å². The molecule has 0 unspecified atom stereocenters. The average Bonchev–Trinajstić information content (AvgIpc) is 2.95. The lowest BCUT2D eigenvalue weighted by molar-refractivity contribution is 0.143. The van der Waals surface area contributed by atoms with Gasteiger partial charge in [0.2, 0.25) is 5.95 Å². The zero-order valence-corrected chi connectivity index (χ0v) is 15.3. The third kappa shape index (κ3) is 4.01. The van der Waals surface area contributed by atoms with Crippen molar-refractivity contribution < 1.29 is 5.11 Å². The molecule has 0 aliphatic carbocycles. The van der Waals surface area contributed by atoms with Crippen LogP contribution in [-0.4, -0.2) is 30.2 Å². The molecule has 0 amide bonds. The number of nitrogen functional groups attached to an aromatic ring is 1. The predicted molar refractivity (Wildman–Crippen MR) is 103 cm³/mol. The van der Waals surface area contributed by atoms with E-state index in [4.69, 9.17) is 5.73 Å². The molecular weight excluding hydrogens is 326 g/mol. The number of aliphatic hydroxyl groups is 1. The monoisotopic (exact) mass is 349 g/mol. The SMILES string of the molecule is CCCCn1cc(-c2ccnc(N)n2)c2cc(C#CC(C)(C)O)cnc21. The molecule has 0 aliphatic rings. The fourth-order valence-corrected chi connectivity index (χ4v) is 2.69. The van der Waals surface area contributed by atoms with E-state index in [1.807, 2.05) is 12.1 Å². The van der Waals surface area contributed by atoms with Crippen LogP contribution >= 0.6 is 0 Å². The number of nitrogens with two attached hydrogens (primary N) is 1. The highest BCUT2D eigenvalue weighted by Crippen LogP contribution is 2.29. The van der Waals surface area contributed by atoms with Gasteiger partial charge in [0.15, 0.2) is 0 Å². The third-order valence-electron chi connectivity index (χ3n) is 3.93. The Labute approximate surface area is 153 Å². The summed E-state index contributed by atoms with van der Waals surface area (Å²) in [6.45, 7) is 6.36. The van der Waals surface area contributed by atoms with E-state index in [0.29, 0.717) is 0 Å². The van der Waals surface area contributed by atoms with Gasteiger partial charge in [0.1, 0.15) is 11.2 Å². The summed E-state index contributed by atoms with van der Waals surface area (Å²) < 4.78 is 2.14. The topological polar surface area (TPSA) is 89.9 Å². The number of hydrogen-bond acceptors (Lipinski definition) is 5. The van der Waals surface area contributed by atoms with Gasteiger partial charge in [0, 0.05) is 41.6 Å². The van der Waals surface area contributed by atoms with Gasteiger partial charge >= 0.3 is 0 Å². The van der Waals surface area contributed by atoms with Crippen LogP contribution in [0.15, 0.2) is 30.7 Å². The summed E-state index contributed by atoms with van der Waals surface area (Å²) in [6.07, 6.45) is 7.61. The molecule has 0 atom stereocenters. The lowest BCUT2D eigenvalue weighted by atomic mass is 10.1. The standard InChI is InChI=1S/C20H23N5O/c1-4-5-10-25-13-16(17-7-9-22-19(21)24-17)15-11-14(12-23-18(15)25)6-8-20(2,3)26/h7,9,11-13,26H,4-5,10H2,1-3H3,(H2,21,22,24). The molecule has 0 saturated heterocycles. The van der Waals surface area contributed by atoms with Gasteiger partial charge in [-0.3, -0.25) is 0 Å². The predicted octanol–water partition coefficient (Wildman–Crippen LogP) is 3.00. The van der Waals surface area contributed by atoms with Gasteiger partial charge < -0.3 is 15.4 Å². The number of aryl methyl sites for hydroxylation is 1. The maximum absolute atomic E-state index is 9.83. The molecule has 0 saturated carbocycles. The minimum absolute atomic E-state index is 0.239. The maximum Gasteiger partial charge on any atom is 0.220 e. The lowest BCUT2D eigenvalue weighted by Gasteiger charge is -2.06. The quantitative estimate of drug-likeness (QED) is 0.707. The van der Waals surface area contributed by atoms with Crippen molar-refractivity contribution in [1.29, 1.82) is 0 Å². The molecule has 134 valence electrons. The molecular formula is C20H23N5O. The van der Waals surface area contributed by atoms with Crippen molar-refractivity contribution in [2.75, 3.05) is 5.73 Å². The van der Waals surface area contributed by atoms with E-state index in [0.717, 1.165) is 47.2 Å². The minimum atomic E-state index is -1.05. The van der Waals surface area contributed by atoms with Crippen molar-refractivity contribution in [2.45, 2.75) is 45.8 Å². The van der Waals surface area contributed by atoms with Gasteiger partial charge in [-0.25, -0.2) is 15.0 Å². The highest BCUT2D eigenvalue weighted by atomic mass is 16.3. The molecule has 3 aromatic heterocycles. The van der Waals surface area contributed by atoms with E-state index in [1.54, 1.807) is 26.2 Å². The van der Waals surface area contributed by atoms with Crippen LogP contribution in [0.4, 0.5) is 5.95 Å². The second-order valence-corrected chi connectivity index (χ2v) is 6.79. The molecule has 3 rings (SSSR count). The first-order valence-electron chi connectivity index (χ1n) is 8.70. The Balaban J connectivity index is 2.16. The van der Waals surface area contributed by atoms with E-state index in [1.165, 1.54) is 0 Å². The number of pyridine rings is 1. The van der Waals surface area contributed by atoms with Crippen molar-refractivity contribution >= 4 is 17.0 Å². The zero-order chi connectivity index (χ0) is 18.7. The van der Waals surface area contributed by atoms with Crippen molar-refractivity contribution in [3.8, 4) is 23.1 Å². The average molecular weight is 349 g/mol. The van der Waals surface area contributed by atoms with Crippen molar-refractivity contribution in [1.82, 2.24) is 19.5 Å². The smallest absolute Gasteiger partial charge is 0.220 e. The second-order valence-electron chi connectivity index (χ2n) is 6.79. The van der Waals surface area contributed by atoms with Crippen LogP contribution in [0.25, 0.3) is 22.3 Å². The number of rotatable bonds is 4. The summed E-state index contributed by atoms with van der Waals surface area (Å²) in [5, 5.41) is 10.8. The summed E-state index contributed by atoms with van der Waals surface area (Å²) in [4.78, 5) is 12.9. The Morgan fingerprint density at radius 3 is 2.81 bits per heavy atom. The lowest BCUT2D eigenvalue weighted by Crippen LogP contribution is -2.14. The van der Waals surface area contributed by atoms with E-state index in [2.05, 4.69) is 44.5 Å². The Bertz CT molecular complexity index is 989. The first-order chi connectivity index (χ1) is 12.4. The maximum atomic E-state index is 9.83. The molecule has 0 spiro atoms. The fourth-order valence-electron chi connectivity index (χ4n) is 2.69. The number of anilines is 1. The number of hydrogen-bond donors (Lipinski definition) is 2. The third-order valence-corrected chi connectivity index (χ3v) is 3.93. The Morgan fingerprint density at radius 1 is 1.31 bits per heavy atom. The molecule has 0 radical (unpaired) electrons. The van der Waals surface area contributed by atoms with E-state index in [-0.39, 0.29) is 5.95 Å². The summed E-state index contributed by atoms with van der Waals surface area (Å²) in [5.41, 5.74) is 8.05. The molecule has 0 fully saturated rings. The summed E-state index contributed by atoms with van der Waals surface area (Å²) in [6, 6.07) is 3.82. The van der Waals surface area contributed by atoms with Crippen LogP contribution in [0.5, 0.6) is 0 Å². The Kier molecular flexibility index (Phi) is 4.92. The van der Waals surface area contributed by atoms with Gasteiger partial charge in [-0.1, -0.05) is 25.2 Å². The van der Waals surface area contributed by atoms with Crippen molar-refractivity contribution in [3.63, 3.8) is 0 Å². The highest BCUT2D eigenvalue weighted by molar-refractivity contribution is 5.93. The van der Waals surface area contributed by atoms with Gasteiger partial charge in [-0.2, -0.15) is 0 Å². The first-order valence-corrected chi connectivity index (χ1v) is 8.70. The molecule has 3 aromatic rings. The van der Waals surface area contributed by atoms with Crippen molar-refractivity contribution in [2.24, 2.45) is 0 Å². The second kappa shape index (κ2) is 7.14. The summed E-state index contributed by atoms with van der Waals surface area (Å²) >= 11 is 0. The van der Waals surface area contributed by atoms with E-state index < -0.39 is 5.60 Å². The molecule has 0 bridgehead atoms. The molecule has 6 nitrogen and oxygen atoms in total. The Hall–Kier alpha value is -2.91. The van der Waals surface area contributed by atoms with Crippen molar-refractivity contribution in [3.05, 3.63) is 36.3 Å². The molecule has 26 heavy (non-hydrogen) atoms. The molecule has 6 heteroatoms. The van der Waals surface area contributed by atoms with Crippen LogP contribution in [0, 0.1) is 11.8 Å². The fraction of sp³-hybridized carbons (Fsp3) is 0.350. The van der Waals surface area contributed by atoms with E-state index >= 15 is 0 Å². The minimum Gasteiger partial charge on any atom is -0.378 e. The highest BCUT2D eigenvalue weighted by Gasteiger charge is 2.14. The van der Waals surface area contributed by atoms with E-state index in [9.17, 15) is 5.11 Å². The number of unbranched alkanes of at least 4 members (excludes halogenated alkanes) is 1. The molecule has 3 heterocycles. The largest absolute Gasteiger partial charge is 0.378 e. The van der Waals surface area contributed by atoms with Crippen LogP contribution < -0.4 is 5.73 Å². The molecule has 3 N–H and O–H groups in total. The van der Waals surface area contributed by atoms with Crippen LogP contribution in [0.1, 0.15) is 39.2 Å². The number of aromatic nitrogens is 4. The van der Waals surface area contributed by atoms with Crippen LogP contribution in [0.2, 0.25) is 0 Å². The zero-order valence-electron chi connectivity index (χ0n) is 15.3. The van der Waals surface area contributed by atoms with Crippen LogP contribution in [0.3, 0.4) is 0 Å².